The fraction of sp³-hybridized carbons (Fsp3) is 0.471. The van der Waals surface area contributed by atoms with Gasteiger partial charge in [0.15, 0.2) is 11.6 Å². The van der Waals surface area contributed by atoms with E-state index >= 15 is 0 Å². The lowest BCUT2D eigenvalue weighted by atomic mass is 10.3. The van der Waals surface area contributed by atoms with Gasteiger partial charge in [-0.1, -0.05) is 0 Å². The lowest BCUT2D eigenvalue weighted by Crippen LogP contribution is -2.47. The van der Waals surface area contributed by atoms with Crippen LogP contribution in [0.4, 0.5) is 17.5 Å². The quantitative estimate of drug-likeness (QED) is 0.772. The van der Waals surface area contributed by atoms with E-state index in [0.717, 1.165) is 74.4 Å². The minimum atomic E-state index is 0.759. The van der Waals surface area contributed by atoms with Crippen LogP contribution < -0.4 is 14.7 Å². The summed E-state index contributed by atoms with van der Waals surface area (Å²) in [6.07, 6.45) is 1.84. The zero-order valence-corrected chi connectivity index (χ0v) is 15.6. The van der Waals surface area contributed by atoms with Crippen LogP contribution in [0, 0.1) is 0 Å². The van der Waals surface area contributed by atoms with E-state index < -0.39 is 0 Å². The predicted octanol–water partition coefficient (Wildman–Crippen LogP) is 1.80. The number of anilines is 3. The lowest BCUT2D eigenvalue weighted by Gasteiger charge is -2.36. The Bertz CT molecular complexity index is 681. The number of nitrogens with zero attached hydrogens (tertiary/aromatic N) is 6. The molecule has 2 aliphatic rings. The average Bonchev–Trinajstić information content (AvgIpc) is 2.70. The molecule has 132 valence electrons. The SMILES string of the molecule is Brc1ccc(N2CCN(c3ccc(N4CCOCC4)nn3)CC2)nc1. The Hall–Kier alpha value is -1.93. The van der Waals surface area contributed by atoms with E-state index in [-0.39, 0.29) is 0 Å². The highest BCUT2D eigenvalue weighted by molar-refractivity contribution is 9.10. The second-order valence-corrected chi connectivity index (χ2v) is 7.07. The van der Waals surface area contributed by atoms with Crippen molar-refractivity contribution in [2.45, 2.75) is 0 Å². The van der Waals surface area contributed by atoms with Crippen molar-refractivity contribution in [3.8, 4) is 0 Å². The molecule has 0 unspecified atom stereocenters. The summed E-state index contributed by atoms with van der Waals surface area (Å²) in [6, 6.07) is 8.23. The Labute approximate surface area is 155 Å². The van der Waals surface area contributed by atoms with Crippen LogP contribution >= 0.6 is 15.9 Å². The molecule has 7 nitrogen and oxygen atoms in total. The largest absolute Gasteiger partial charge is 0.378 e. The zero-order chi connectivity index (χ0) is 17.1. The summed E-state index contributed by atoms with van der Waals surface area (Å²) in [5.41, 5.74) is 0. The van der Waals surface area contributed by atoms with Crippen LogP contribution in [-0.2, 0) is 4.74 Å². The van der Waals surface area contributed by atoms with E-state index in [9.17, 15) is 0 Å². The van der Waals surface area contributed by atoms with Gasteiger partial charge in [-0.15, -0.1) is 10.2 Å². The number of halogens is 1. The van der Waals surface area contributed by atoms with Crippen LogP contribution in [0.1, 0.15) is 0 Å². The van der Waals surface area contributed by atoms with Crippen molar-refractivity contribution >= 4 is 33.4 Å². The molecule has 2 aliphatic heterocycles. The van der Waals surface area contributed by atoms with Gasteiger partial charge in [-0.2, -0.15) is 0 Å². The first kappa shape index (κ1) is 16.5. The van der Waals surface area contributed by atoms with Crippen LogP contribution in [0.25, 0.3) is 0 Å². The van der Waals surface area contributed by atoms with Gasteiger partial charge in [0.1, 0.15) is 5.82 Å². The highest BCUT2D eigenvalue weighted by atomic mass is 79.9. The summed E-state index contributed by atoms with van der Waals surface area (Å²) in [5, 5.41) is 8.85. The van der Waals surface area contributed by atoms with E-state index in [1.807, 2.05) is 12.3 Å². The summed E-state index contributed by atoms with van der Waals surface area (Å²) in [4.78, 5) is 11.3. The van der Waals surface area contributed by atoms with Crippen molar-refractivity contribution in [1.29, 1.82) is 0 Å². The van der Waals surface area contributed by atoms with Crippen LogP contribution in [0.3, 0.4) is 0 Å². The third-order valence-corrected chi connectivity index (χ3v) is 5.08. The topological polar surface area (TPSA) is 57.6 Å². The second kappa shape index (κ2) is 7.53. The van der Waals surface area contributed by atoms with Gasteiger partial charge in [0, 0.05) is 49.9 Å². The molecule has 2 aromatic heterocycles. The molecule has 0 radical (unpaired) electrons. The van der Waals surface area contributed by atoms with Gasteiger partial charge in [0.25, 0.3) is 0 Å². The number of ether oxygens (including phenoxy) is 1. The van der Waals surface area contributed by atoms with E-state index in [4.69, 9.17) is 4.74 Å². The van der Waals surface area contributed by atoms with Gasteiger partial charge < -0.3 is 19.4 Å². The molecule has 4 heterocycles. The molecule has 0 N–H and O–H groups in total. The number of morpholine rings is 1. The Morgan fingerprint density at radius 2 is 1.24 bits per heavy atom. The summed E-state index contributed by atoms with van der Waals surface area (Å²) in [6.45, 7) is 6.99. The van der Waals surface area contributed by atoms with Crippen molar-refractivity contribution in [1.82, 2.24) is 15.2 Å². The average molecular weight is 405 g/mol. The molecule has 0 spiro atoms. The molecule has 4 rings (SSSR count). The van der Waals surface area contributed by atoms with Crippen molar-refractivity contribution in [3.63, 3.8) is 0 Å². The molecule has 0 aromatic carbocycles. The van der Waals surface area contributed by atoms with Crippen LogP contribution in [0.15, 0.2) is 34.9 Å². The van der Waals surface area contributed by atoms with Crippen molar-refractivity contribution < 1.29 is 4.74 Å². The van der Waals surface area contributed by atoms with E-state index in [0.29, 0.717) is 0 Å². The number of hydrogen-bond acceptors (Lipinski definition) is 7. The first-order chi connectivity index (χ1) is 12.3. The molecular weight excluding hydrogens is 384 g/mol. The molecule has 2 aromatic rings. The fourth-order valence-corrected chi connectivity index (χ4v) is 3.40. The Kier molecular flexibility index (Phi) is 4.98. The van der Waals surface area contributed by atoms with Crippen molar-refractivity contribution in [3.05, 3.63) is 34.9 Å². The molecule has 0 bridgehead atoms. The summed E-state index contributed by atoms with van der Waals surface area (Å²) in [5.74, 6) is 2.90. The van der Waals surface area contributed by atoms with E-state index in [2.05, 4.69) is 64.0 Å². The van der Waals surface area contributed by atoms with Gasteiger partial charge in [-0.3, -0.25) is 0 Å². The molecule has 2 saturated heterocycles. The summed E-state index contributed by atoms with van der Waals surface area (Å²) >= 11 is 3.43. The maximum atomic E-state index is 5.38. The van der Waals surface area contributed by atoms with Gasteiger partial charge in [0.2, 0.25) is 0 Å². The number of hydrogen-bond donors (Lipinski definition) is 0. The molecule has 0 amide bonds. The smallest absolute Gasteiger partial charge is 0.151 e. The molecule has 0 saturated carbocycles. The maximum Gasteiger partial charge on any atom is 0.151 e. The highest BCUT2D eigenvalue weighted by Crippen LogP contribution is 2.20. The summed E-state index contributed by atoms with van der Waals surface area (Å²) in [7, 11) is 0. The third kappa shape index (κ3) is 3.85. The highest BCUT2D eigenvalue weighted by Gasteiger charge is 2.20. The van der Waals surface area contributed by atoms with Crippen LogP contribution in [0.2, 0.25) is 0 Å². The molecule has 0 aliphatic carbocycles. The second-order valence-electron chi connectivity index (χ2n) is 6.16. The number of aromatic nitrogens is 3. The van der Waals surface area contributed by atoms with Gasteiger partial charge >= 0.3 is 0 Å². The standard InChI is InChI=1S/C17H21BrN6O/c18-14-1-2-15(19-13-14)22-5-7-23(8-6-22)16-3-4-17(21-20-16)24-9-11-25-12-10-24/h1-4,13H,5-12H2. The molecular formula is C17H21BrN6O. The Balaban J connectivity index is 1.36. The summed E-state index contributed by atoms with van der Waals surface area (Å²) < 4.78 is 6.39. The fourth-order valence-electron chi connectivity index (χ4n) is 3.17. The number of piperazine rings is 1. The van der Waals surface area contributed by atoms with Crippen LogP contribution in [-0.4, -0.2) is 67.7 Å². The van der Waals surface area contributed by atoms with Gasteiger partial charge in [-0.05, 0) is 40.2 Å². The number of pyridine rings is 1. The number of rotatable bonds is 3. The lowest BCUT2D eigenvalue weighted by molar-refractivity contribution is 0.122. The van der Waals surface area contributed by atoms with Gasteiger partial charge in [0.05, 0.1) is 13.2 Å². The normalized spacial score (nSPS) is 18.5. The van der Waals surface area contributed by atoms with E-state index in [1.54, 1.807) is 0 Å². The maximum absolute atomic E-state index is 5.38. The predicted molar refractivity (Wildman–Crippen MR) is 101 cm³/mol. The van der Waals surface area contributed by atoms with E-state index in [1.165, 1.54) is 0 Å². The molecule has 0 atom stereocenters. The minimum Gasteiger partial charge on any atom is -0.378 e. The minimum absolute atomic E-state index is 0.759. The van der Waals surface area contributed by atoms with Gasteiger partial charge in [-0.25, -0.2) is 4.98 Å². The monoisotopic (exact) mass is 404 g/mol. The molecule has 2 fully saturated rings. The first-order valence-electron chi connectivity index (χ1n) is 8.57. The Morgan fingerprint density at radius 3 is 1.76 bits per heavy atom. The zero-order valence-electron chi connectivity index (χ0n) is 14.0. The van der Waals surface area contributed by atoms with Crippen molar-refractivity contribution in [2.75, 3.05) is 67.2 Å². The van der Waals surface area contributed by atoms with Crippen molar-refractivity contribution in [2.24, 2.45) is 0 Å². The molecule has 8 heteroatoms. The molecule has 25 heavy (non-hydrogen) atoms. The third-order valence-electron chi connectivity index (χ3n) is 4.61. The first-order valence-corrected chi connectivity index (χ1v) is 9.37. The Morgan fingerprint density at radius 1 is 0.720 bits per heavy atom. The van der Waals surface area contributed by atoms with Crippen LogP contribution in [0.5, 0.6) is 0 Å².